The number of benzene rings is 2. The molecule has 0 radical (unpaired) electrons. The van der Waals surface area contributed by atoms with Crippen LogP contribution in [-0.4, -0.2) is 25.1 Å². The van der Waals surface area contributed by atoms with Gasteiger partial charge in [0.1, 0.15) is 0 Å². The standard InChI is InChI=1S/C20H20N2O3S2/c1-3-13-22-17-11-10-16(27(2,24)25)14-18(17)26-20(22)21-19(23)12-9-15-7-5-4-6-8-15/h4-12,14H,3,13H2,1-2H3/b12-9+,21-20?. The van der Waals surface area contributed by atoms with Crippen molar-refractivity contribution in [3.63, 3.8) is 0 Å². The molecule has 0 saturated heterocycles. The first-order valence-corrected chi connectivity index (χ1v) is 11.2. The van der Waals surface area contributed by atoms with E-state index in [-0.39, 0.29) is 10.8 Å². The Morgan fingerprint density at radius 3 is 2.59 bits per heavy atom. The van der Waals surface area contributed by atoms with Crippen LogP contribution < -0.4 is 4.80 Å². The first kappa shape index (κ1) is 19.3. The summed E-state index contributed by atoms with van der Waals surface area (Å²) >= 11 is 1.32. The van der Waals surface area contributed by atoms with Gasteiger partial charge in [0.2, 0.25) is 0 Å². The van der Waals surface area contributed by atoms with Crippen molar-refractivity contribution in [2.24, 2.45) is 4.99 Å². The van der Waals surface area contributed by atoms with Crippen molar-refractivity contribution >= 4 is 43.4 Å². The largest absolute Gasteiger partial charge is 0.316 e. The molecule has 0 aliphatic carbocycles. The van der Waals surface area contributed by atoms with Crippen molar-refractivity contribution in [3.05, 3.63) is 65.0 Å². The van der Waals surface area contributed by atoms with Gasteiger partial charge >= 0.3 is 0 Å². The Morgan fingerprint density at radius 2 is 1.93 bits per heavy atom. The molecule has 0 aliphatic heterocycles. The number of nitrogens with zero attached hydrogens (tertiary/aromatic N) is 2. The van der Waals surface area contributed by atoms with Crippen LogP contribution in [0.3, 0.4) is 0 Å². The summed E-state index contributed by atoms with van der Waals surface area (Å²) in [6, 6.07) is 14.6. The van der Waals surface area contributed by atoms with E-state index in [0.29, 0.717) is 11.3 Å². The lowest BCUT2D eigenvalue weighted by Crippen LogP contribution is -2.16. The predicted octanol–water partition coefficient (Wildman–Crippen LogP) is 3.66. The van der Waals surface area contributed by atoms with E-state index in [0.717, 1.165) is 22.2 Å². The molecule has 0 unspecified atom stereocenters. The molecular weight excluding hydrogens is 380 g/mol. The number of hydrogen-bond acceptors (Lipinski definition) is 4. The molecule has 0 saturated carbocycles. The number of sulfone groups is 1. The molecule has 0 bridgehead atoms. The van der Waals surface area contributed by atoms with Gasteiger partial charge in [-0.15, -0.1) is 0 Å². The highest BCUT2D eigenvalue weighted by atomic mass is 32.2. The number of hydrogen-bond donors (Lipinski definition) is 0. The lowest BCUT2D eigenvalue weighted by molar-refractivity contribution is -0.113. The molecule has 1 amide bonds. The predicted molar refractivity (Wildman–Crippen MR) is 109 cm³/mol. The Kier molecular flexibility index (Phi) is 5.72. The van der Waals surface area contributed by atoms with Crippen LogP contribution in [0.2, 0.25) is 0 Å². The molecule has 0 atom stereocenters. The summed E-state index contributed by atoms with van der Waals surface area (Å²) in [6.07, 6.45) is 5.23. The molecule has 3 aromatic rings. The Bertz CT molecular complexity index is 1170. The van der Waals surface area contributed by atoms with Gasteiger partial charge in [-0.1, -0.05) is 48.6 Å². The number of aromatic nitrogens is 1. The summed E-state index contributed by atoms with van der Waals surface area (Å²) in [5.74, 6) is -0.349. The van der Waals surface area contributed by atoms with Gasteiger partial charge in [-0.2, -0.15) is 4.99 Å². The monoisotopic (exact) mass is 400 g/mol. The molecular formula is C20H20N2O3S2. The van der Waals surface area contributed by atoms with E-state index in [4.69, 9.17) is 0 Å². The number of rotatable bonds is 5. The van der Waals surface area contributed by atoms with Gasteiger partial charge < -0.3 is 4.57 Å². The van der Waals surface area contributed by atoms with Gasteiger partial charge in [0, 0.05) is 18.9 Å². The Balaban J connectivity index is 2.03. The minimum atomic E-state index is -3.28. The minimum absolute atomic E-state index is 0.266. The Hall–Kier alpha value is -2.51. The number of fused-ring (bicyclic) bond motifs is 1. The molecule has 0 aliphatic rings. The summed E-state index contributed by atoms with van der Waals surface area (Å²) in [6.45, 7) is 2.75. The number of aryl methyl sites for hydroxylation is 1. The van der Waals surface area contributed by atoms with Crippen molar-refractivity contribution in [2.75, 3.05) is 6.26 Å². The van der Waals surface area contributed by atoms with Crippen molar-refractivity contribution < 1.29 is 13.2 Å². The van der Waals surface area contributed by atoms with Crippen LogP contribution in [0.1, 0.15) is 18.9 Å². The van der Waals surface area contributed by atoms with E-state index in [1.54, 1.807) is 24.3 Å². The molecule has 1 heterocycles. The first-order chi connectivity index (χ1) is 12.9. The van der Waals surface area contributed by atoms with Gasteiger partial charge in [-0.05, 0) is 36.3 Å². The van der Waals surface area contributed by atoms with Crippen LogP contribution in [-0.2, 0) is 21.2 Å². The number of amides is 1. The van der Waals surface area contributed by atoms with E-state index < -0.39 is 9.84 Å². The summed E-state index contributed by atoms with van der Waals surface area (Å²) in [7, 11) is -3.28. The third-order valence-electron chi connectivity index (χ3n) is 3.95. The fourth-order valence-corrected chi connectivity index (χ4v) is 4.49. The van der Waals surface area contributed by atoms with Crippen LogP contribution in [0.25, 0.3) is 16.3 Å². The molecule has 2 aromatic carbocycles. The second kappa shape index (κ2) is 8.02. The average Bonchev–Trinajstić information content (AvgIpc) is 2.97. The van der Waals surface area contributed by atoms with Gasteiger partial charge in [0.15, 0.2) is 14.6 Å². The molecule has 3 rings (SSSR count). The van der Waals surface area contributed by atoms with Crippen LogP contribution in [0.15, 0.2) is 64.5 Å². The van der Waals surface area contributed by atoms with Crippen LogP contribution in [0, 0.1) is 0 Å². The molecule has 0 spiro atoms. The second-order valence-corrected chi connectivity index (χ2v) is 9.16. The van der Waals surface area contributed by atoms with Gasteiger partial charge in [-0.3, -0.25) is 4.79 Å². The van der Waals surface area contributed by atoms with Crippen molar-refractivity contribution in [1.82, 2.24) is 4.57 Å². The maximum absolute atomic E-state index is 12.3. The fraction of sp³-hybridized carbons (Fsp3) is 0.200. The molecule has 1 aromatic heterocycles. The molecule has 0 N–H and O–H groups in total. The molecule has 5 nitrogen and oxygen atoms in total. The van der Waals surface area contributed by atoms with Crippen molar-refractivity contribution in [3.8, 4) is 0 Å². The van der Waals surface area contributed by atoms with E-state index >= 15 is 0 Å². The van der Waals surface area contributed by atoms with Crippen LogP contribution in [0.4, 0.5) is 0 Å². The fourth-order valence-electron chi connectivity index (χ4n) is 2.67. The number of carbonyl (C=O) groups is 1. The average molecular weight is 401 g/mol. The summed E-state index contributed by atoms with van der Waals surface area (Å²) in [5.41, 5.74) is 1.81. The first-order valence-electron chi connectivity index (χ1n) is 8.54. The summed E-state index contributed by atoms with van der Waals surface area (Å²) in [5, 5.41) is 0. The molecule has 140 valence electrons. The molecule has 0 fully saturated rings. The van der Waals surface area contributed by atoms with Gasteiger partial charge in [0.25, 0.3) is 5.91 Å². The Labute approximate surface area is 162 Å². The van der Waals surface area contributed by atoms with Crippen LogP contribution >= 0.6 is 11.3 Å². The van der Waals surface area contributed by atoms with Gasteiger partial charge in [0.05, 0.1) is 15.1 Å². The number of carbonyl (C=O) groups excluding carboxylic acids is 1. The van der Waals surface area contributed by atoms with E-state index in [1.165, 1.54) is 23.7 Å². The normalized spacial score (nSPS) is 12.9. The smallest absolute Gasteiger partial charge is 0.272 e. The molecule has 27 heavy (non-hydrogen) atoms. The number of thiazole rings is 1. The highest BCUT2D eigenvalue weighted by Crippen LogP contribution is 2.22. The maximum atomic E-state index is 12.3. The Morgan fingerprint density at radius 1 is 1.19 bits per heavy atom. The zero-order valence-corrected chi connectivity index (χ0v) is 16.8. The third-order valence-corrected chi connectivity index (χ3v) is 6.10. The summed E-state index contributed by atoms with van der Waals surface area (Å²) < 4.78 is 26.4. The van der Waals surface area contributed by atoms with Crippen molar-refractivity contribution in [1.29, 1.82) is 0 Å². The van der Waals surface area contributed by atoms with Gasteiger partial charge in [-0.25, -0.2) is 8.42 Å². The van der Waals surface area contributed by atoms with Crippen LogP contribution in [0.5, 0.6) is 0 Å². The maximum Gasteiger partial charge on any atom is 0.272 e. The van der Waals surface area contributed by atoms with E-state index in [9.17, 15) is 13.2 Å². The second-order valence-electron chi connectivity index (χ2n) is 6.13. The lowest BCUT2D eigenvalue weighted by Gasteiger charge is -2.03. The highest BCUT2D eigenvalue weighted by molar-refractivity contribution is 7.90. The summed E-state index contributed by atoms with van der Waals surface area (Å²) in [4.78, 5) is 17.4. The minimum Gasteiger partial charge on any atom is -0.316 e. The highest BCUT2D eigenvalue weighted by Gasteiger charge is 2.12. The molecule has 7 heteroatoms. The lowest BCUT2D eigenvalue weighted by atomic mass is 10.2. The van der Waals surface area contributed by atoms with E-state index in [1.807, 2.05) is 41.8 Å². The van der Waals surface area contributed by atoms with E-state index in [2.05, 4.69) is 4.99 Å². The zero-order valence-electron chi connectivity index (χ0n) is 15.1. The third kappa shape index (κ3) is 4.61. The SMILES string of the molecule is CCCn1c(=NC(=O)/C=C/c2ccccc2)sc2cc(S(C)(=O)=O)ccc21. The van der Waals surface area contributed by atoms with Crippen molar-refractivity contribution in [2.45, 2.75) is 24.8 Å². The quantitative estimate of drug-likeness (QED) is 0.614. The topological polar surface area (TPSA) is 68.5 Å². The zero-order chi connectivity index (χ0) is 19.4.